The molecular weight excluding hydrogens is 372 g/mol. The fourth-order valence-corrected chi connectivity index (χ4v) is 5.83. The van der Waals surface area contributed by atoms with Crippen molar-refractivity contribution in [1.29, 1.82) is 0 Å². The number of aromatic amines is 1. The molecule has 4 rings (SSSR count). The second-order valence-corrected chi connectivity index (χ2v) is 9.37. The van der Waals surface area contributed by atoms with E-state index in [0.717, 1.165) is 45.4 Å². The second-order valence-electron chi connectivity index (χ2n) is 9.37. The molecule has 0 saturated carbocycles. The minimum Gasteiger partial charge on any atom is -0.358 e. The van der Waals surface area contributed by atoms with Gasteiger partial charge in [-0.25, -0.2) is 4.79 Å². The normalized spacial score (nSPS) is 23.6. The van der Waals surface area contributed by atoms with Gasteiger partial charge in [-0.3, -0.25) is 4.90 Å². The summed E-state index contributed by atoms with van der Waals surface area (Å²) >= 11 is 0. The number of nitrogens with zero attached hydrogens (tertiary/aromatic N) is 2. The molecule has 2 heterocycles. The lowest BCUT2D eigenvalue weighted by Crippen LogP contribution is -2.58. The first kappa shape index (κ1) is 21.2. The van der Waals surface area contributed by atoms with E-state index in [0.29, 0.717) is 17.9 Å². The van der Waals surface area contributed by atoms with Crippen LogP contribution in [0, 0.1) is 0 Å². The molecular formula is C25H38N4O. The Balaban J connectivity index is 1.69. The molecule has 1 saturated heterocycles. The molecule has 0 bridgehead atoms. The Morgan fingerprint density at radius 2 is 2.03 bits per heavy atom. The molecule has 2 aliphatic rings. The maximum Gasteiger partial charge on any atom is 0.317 e. The monoisotopic (exact) mass is 410 g/mol. The summed E-state index contributed by atoms with van der Waals surface area (Å²) in [5.74, 6) is 0.973. The van der Waals surface area contributed by atoms with Gasteiger partial charge < -0.3 is 15.2 Å². The molecule has 164 valence electrons. The summed E-state index contributed by atoms with van der Waals surface area (Å²) in [4.78, 5) is 21.0. The summed E-state index contributed by atoms with van der Waals surface area (Å²) in [6.45, 7) is 14.5. The lowest BCUT2D eigenvalue weighted by molar-refractivity contribution is 0.0978. The first-order chi connectivity index (χ1) is 14.5. The third-order valence-corrected chi connectivity index (χ3v) is 7.20. The van der Waals surface area contributed by atoms with E-state index in [4.69, 9.17) is 0 Å². The number of H-pyrrole nitrogens is 1. The van der Waals surface area contributed by atoms with Crippen LogP contribution < -0.4 is 5.32 Å². The molecule has 3 atom stereocenters. The van der Waals surface area contributed by atoms with E-state index in [1.807, 2.05) is 18.7 Å². The molecule has 5 heteroatoms. The van der Waals surface area contributed by atoms with Crippen molar-refractivity contribution in [1.82, 2.24) is 20.1 Å². The number of hydrogen-bond donors (Lipinski definition) is 2. The van der Waals surface area contributed by atoms with Crippen LogP contribution in [0.4, 0.5) is 4.79 Å². The van der Waals surface area contributed by atoms with Gasteiger partial charge in [0.25, 0.3) is 0 Å². The highest BCUT2D eigenvalue weighted by molar-refractivity contribution is 5.90. The standard InChI is InChI=1S/C25H38N4O/c1-6-12-29-15-17(26-25(30)28(7-2)8-3)13-19-18-10-9-11-21-23(18)20(14-22(19)29)24(27-21)16(4)5/h9-11,16-17,19,22,27H,6-8,12-15H2,1-5H3,(H,26,30)/t17-,19?,22+/m0/s1. The Labute approximate surface area is 181 Å². The van der Waals surface area contributed by atoms with Crippen molar-refractivity contribution in [3.05, 3.63) is 35.0 Å². The maximum atomic E-state index is 12.8. The number of hydrogen-bond acceptors (Lipinski definition) is 2. The molecule has 5 nitrogen and oxygen atoms in total. The molecule has 1 unspecified atom stereocenters. The van der Waals surface area contributed by atoms with Crippen molar-refractivity contribution >= 4 is 16.9 Å². The third kappa shape index (κ3) is 3.62. The van der Waals surface area contributed by atoms with Gasteiger partial charge in [0.2, 0.25) is 0 Å². The summed E-state index contributed by atoms with van der Waals surface area (Å²) in [5, 5.41) is 4.81. The maximum absolute atomic E-state index is 12.8. The molecule has 0 spiro atoms. The van der Waals surface area contributed by atoms with Gasteiger partial charge in [-0.15, -0.1) is 0 Å². The number of rotatable bonds is 6. The molecule has 1 fully saturated rings. The number of amides is 2. The van der Waals surface area contributed by atoms with E-state index in [1.54, 1.807) is 0 Å². The molecule has 30 heavy (non-hydrogen) atoms. The summed E-state index contributed by atoms with van der Waals surface area (Å²) in [5.41, 5.74) is 5.69. The largest absolute Gasteiger partial charge is 0.358 e. The number of nitrogens with one attached hydrogen (secondary N) is 2. The van der Waals surface area contributed by atoms with Gasteiger partial charge in [0.15, 0.2) is 0 Å². The molecule has 1 aromatic heterocycles. The van der Waals surface area contributed by atoms with Crippen molar-refractivity contribution in [3.63, 3.8) is 0 Å². The number of carbonyl (C=O) groups excluding carboxylic acids is 1. The minimum atomic E-state index is 0.0818. The van der Waals surface area contributed by atoms with E-state index in [1.165, 1.54) is 27.7 Å². The number of likely N-dealkylation sites (tertiary alicyclic amines) is 1. The van der Waals surface area contributed by atoms with Crippen LogP contribution in [0.2, 0.25) is 0 Å². The third-order valence-electron chi connectivity index (χ3n) is 7.20. The number of urea groups is 1. The first-order valence-corrected chi connectivity index (χ1v) is 11.9. The minimum absolute atomic E-state index is 0.0818. The first-order valence-electron chi connectivity index (χ1n) is 11.9. The Morgan fingerprint density at radius 3 is 2.70 bits per heavy atom. The Bertz CT molecular complexity index is 898. The molecule has 2 N–H and O–H groups in total. The number of piperidine rings is 1. The lowest BCUT2D eigenvalue weighted by atomic mass is 9.73. The van der Waals surface area contributed by atoms with Crippen LogP contribution in [0.5, 0.6) is 0 Å². The van der Waals surface area contributed by atoms with E-state index < -0.39 is 0 Å². The van der Waals surface area contributed by atoms with E-state index in [9.17, 15) is 4.79 Å². The van der Waals surface area contributed by atoms with Gasteiger partial charge in [-0.1, -0.05) is 32.9 Å². The van der Waals surface area contributed by atoms with E-state index >= 15 is 0 Å². The van der Waals surface area contributed by atoms with Gasteiger partial charge >= 0.3 is 6.03 Å². The fraction of sp³-hybridized carbons (Fsp3) is 0.640. The van der Waals surface area contributed by atoms with Gasteiger partial charge in [0.05, 0.1) is 0 Å². The van der Waals surface area contributed by atoms with Gasteiger partial charge in [0, 0.05) is 54.2 Å². The molecule has 0 radical (unpaired) electrons. The molecule has 1 aliphatic carbocycles. The summed E-state index contributed by atoms with van der Waals surface area (Å²) in [6, 6.07) is 7.56. The summed E-state index contributed by atoms with van der Waals surface area (Å²) in [6.07, 6.45) is 3.28. The summed E-state index contributed by atoms with van der Waals surface area (Å²) in [7, 11) is 0. The molecule has 1 aliphatic heterocycles. The SMILES string of the molecule is CCCN1C[C@@H](NC(=O)N(CC)CC)CC2c3cccc4[nH]c(C(C)C)c(c34)C[C@H]21. The summed E-state index contributed by atoms with van der Waals surface area (Å²) < 4.78 is 0. The number of benzene rings is 1. The van der Waals surface area contributed by atoms with Crippen molar-refractivity contribution in [3.8, 4) is 0 Å². The van der Waals surface area contributed by atoms with Gasteiger partial charge in [-0.05, 0) is 62.8 Å². The zero-order valence-electron chi connectivity index (χ0n) is 19.3. The second kappa shape index (κ2) is 8.62. The highest BCUT2D eigenvalue weighted by Crippen LogP contribution is 2.45. The van der Waals surface area contributed by atoms with Gasteiger partial charge in [0.1, 0.15) is 0 Å². The van der Waals surface area contributed by atoms with Crippen LogP contribution in [0.25, 0.3) is 10.9 Å². The number of aromatic nitrogens is 1. The van der Waals surface area contributed by atoms with Crippen molar-refractivity contribution in [2.24, 2.45) is 0 Å². The number of fused-ring (bicyclic) bond motifs is 2. The Morgan fingerprint density at radius 1 is 1.27 bits per heavy atom. The molecule has 2 amide bonds. The molecule has 2 aromatic rings. The highest BCUT2D eigenvalue weighted by Gasteiger charge is 2.42. The van der Waals surface area contributed by atoms with Crippen molar-refractivity contribution in [2.45, 2.75) is 77.8 Å². The highest BCUT2D eigenvalue weighted by atomic mass is 16.2. The Hall–Kier alpha value is -2.01. The predicted octanol–water partition coefficient (Wildman–Crippen LogP) is 4.84. The topological polar surface area (TPSA) is 51.4 Å². The smallest absolute Gasteiger partial charge is 0.317 e. The van der Waals surface area contributed by atoms with Crippen LogP contribution >= 0.6 is 0 Å². The van der Waals surface area contributed by atoms with E-state index in [2.05, 4.69) is 54.2 Å². The van der Waals surface area contributed by atoms with Gasteiger partial charge in [-0.2, -0.15) is 0 Å². The quantitative estimate of drug-likeness (QED) is 0.716. The van der Waals surface area contributed by atoms with Crippen LogP contribution in [0.3, 0.4) is 0 Å². The zero-order chi connectivity index (χ0) is 21.4. The zero-order valence-corrected chi connectivity index (χ0v) is 19.3. The van der Waals surface area contributed by atoms with Crippen LogP contribution in [-0.2, 0) is 6.42 Å². The number of carbonyl (C=O) groups is 1. The van der Waals surface area contributed by atoms with Crippen molar-refractivity contribution < 1.29 is 4.79 Å². The van der Waals surface area contributed by atoms with Crippen molar-refractivity contribution in [2.75, 3.05) is 26.2 Å². The average Bonchev–Trinajstić information content (AvgIpc) is 3.10. The fourth-order valence-electron chi connectivity index (χ4n) is 5.83. The Kier molecular flexibility index (Phi) is 6.10. The van der Waals surface area contributed by atoms with Crippen LogP contribution in [0.15, 0.2) is 18.2 Å². The molecule has 1 aromatic carbocycles. The predicted molar refractivity (Wildman–Crippen MR) is 124 cm³/mol. The van der Waals surface area contributed by atoms with Crippen LogP contribution in [0.1, 0.15) is 76.1 Å². The average molecular weight is 411 g/mol. The lowest BCUT2D eigenvalue weighted by Gasteiger charge is -2.47. The van der Waals surface area contributed by atoms with Crippen LogP contribution in [-0.4, -0.2) is 59.1 Å². The van der Waals surface area contributed by atoms with E-state index in [-0.39, 0.29) is 12.1 Å².